The molecular weight excluding hydrogens is 176 g/mol. The van der Waals surface area contributed by atoms with Crippen LogP contribution in [0.3, 0.4) is 0 Å². The van der Waals surface area contributed by atoms with Gasteiger partial charge in [0.15, 0.2) is 0 Å². The van der Waals surface area contributed by atoms with E-state index in [2.05, 4.69) is 5.32 Å². The standard InChI is InChI=1S/C9H9F2NO/c10-5-3-6(11)9(8(13)4-5)7-1-2-12-7/h3-4,7,12-13H,1-2H2/t7-/m1/s1. The molecule has 70 valence electrons. The van der Waals surface area contributed by atoms with Gasteiger partial charge in [0.05, 0.1) is 0 Å². The highest BCUT2D eigenvalue weighted by Gasteiger charge is 2.25. The Morgan fingerprint density at radius 2 is 2.08 bits per heavy atom. The number of aromatic hydroxyl groups is 1. The van der Waals surface area contributed by atoms with Gasteiger partial charge in [0.2, 0.25) is 0 Å². The summed E-state index contributed by atoms with van der Waals surface area (Å²) in [6.07, 6.45) is 0.774. The van der Waals surface area contributed by atoms with Crippen LogP contribution in [-0.2, 0) is 0 Å². The van der Waals surface area contributed by atoms with Gasteiger partial charge in [0.1, 0.15) is 17.4 Å². The van der Waals surface area contributed by atoms with Gasteiger partial charge in [-0.1, -0.05) is 0 Å². The van der Waals surface area contributed by atoms with Crippen LogP contribution in [0.15, 0.2) is 12.1 Å². The minimum Gasteiger partial charge on any atom is -0.507 e. The number of phenolic OH excluding ortho intramolecular Hbond substituents is 1. The van der Waals surface area contributed by atoms with Gasteiger partial charge in [0, 0.05) is 23.7 Å². The highest BCUT2D eigenvalue weighted by Crippen LogP contribution is 2.32. The van der Waals surface area contributed by atoms with Crippen LogP contribution in [0, 0.1) is 11.6 Å². The predicted octanol–water partition coefficient (Wildman–Crippen LogP) is 1.70. The molecule has 0 bridgehead atoms. The van der Waals surface area contributed by atoms with Crippen molar-refractivity contribution in [3.8, 4) is 5.75 Å². The molecule has 0 aliphatic carbocycles. The number of rotatable bonds is 1. The maximum absolute atomic E-state index is 13.1. The van der Waals surface area contributed by atoms with Gasteiger partial charge in [-0.2, -0.15) is 0 Å². The fourth-order valence-electron chi connectivity index (χ4n) is 1.45. The Bertz CT molecular complexity index is 313. The quantitative estimate of drug-likeness (QED) is 0.698. The van der Waals surface area contributed by atoms with Crippen molar-refractivity contribution in [2.24, 2.45) is 0 Å². The molecular formula is C9H9F2NO. The first-order chi connectivity index (χ1) is 6.18. The molecule has 1 saturated heterocycles. The third-order valence-electron chi connectivity index (χ3n) is 2.24. The van der Waals surface area contributed by atoms with Crippen LogP contribution in [0.1, 0.15) is 18.0 Å². The van der Waals surface area contributed by atoms with Crippen molar-refractivity contribution in [3.05, 3.63) is 29.3 Å². The third kappa shape index (κ3) is 1.37. The van der Waals surface area contributed by atoms with E-state index in [-0.39, 0.29) is 17.4 Å². The molecule has 0 unspecified atom stereocenters. The zero-order valence-corrected chi connectivity index (χ0v) is 6.85. The fourth-order valence-corrected chi connectivity index (χ4v) is 1.45. The van der Waals surface area contributed by atoms with Crippen molar-refractivity contribution in [1.82, 2.24) is 5.32 Å². The summed E-state index contributed by atoms with van der Waals surface area (Å²) in [5.41, 5.74) is 0.174. The minimum atomic E-state index is -0.752. The molecule has 0 spiro atoms. The molecule has 1 aliphatic rings. The van der Waals surface area contributed by atoms with Gasteiger partial charge in [0.25, 0.3) is 0 Å². The summed E-state index contributed by atoms with van der Waals surface area (Å²) in [4.78, 5) is 0. The first-order valence-corrected chi connectivity index (χ1v) is 4.10. The zero-order valence-electron chi connectivity index (χ0n) is 6.85. The molecule has 1 aliphatic heterocycles. The first-order valence-electron chi connectivity index (χ1n) is 4.10. The van der Waals surface area contributed by atoms with Crippen molar-refractivity contribution in [2.45, 2.75) is 12.5 Å². The number of hydrogen-bond acceptors (Lipinski definition) is 2. The van der Waals surface area contributed by atoms with E-state index in [1.54, 1.807) is 0 Å². The second kappa shape index (κ2) is 2.96. The van der Waals surface area contributed by atoms with Crippen LogP contribution in [-0.4, -0.2) is 11.7 Å². The molecule has 1 heterocycles. The monoisotopic (exact) mass is 185 g/mol. The van der Waals surface area contributed by atoms with E-state index in [9.17, 15) is 13.9 Å². The lowest BCUT2D eigenvalue weighted by atomic mass is 9.96. The first kappa shape index (κ1) is 8.44. The van der Waals surface area contributed by atoms with E-state index >= 15 is 0 Å². The second-order valence-electron chi connectivity index (χ2n) is 3.12. The summed E-state index contributed by atoms with van der Waals surface area (Å²) in [6.45, 7) is 0.806. The van der Waals surface area contributed by atoms with Crippen molar-refractivity contribution in [3.63, 3.8) is 0 Å². The highest BCUT2D eigenvalue weighted by atomic mass is 19.1. The highest BCUT2D eigenvalue weighted by molar-refractivity contribution is 5.37. The summed E-state index contributed by atoms with van der Waals surface area (Å²) in [5, 5.41) is 12.2. The molecule has 2 rings (SSSR count). The van der Waals surface area contributed by atoms with Gasteiger partial charge < -0.3 is 10.4 Å². The largest absolute Gasteiger partial charge is 0.507 e. The number of phenols is 1. The molecule has 0 amide bonds. The van der Waals surface area contributed by atoms with E-state index in [4.69, 9.17) is 0 Å². The molecule has 1 aromatic rings. The Balaban J connectivity index is 2.43. The topological polar surface area (TPSA) is 32.3 Å². The molecule has 0 saturated carbocycles. The van der Waals surface area contributed by atoms with Gasteiger partial charge in [-0.3, -0.25) is 0 Å². The number of halogens is 2. The number of nitrogens with one attached hydrogen (secondary N) is 1. The Morgan fingerprint density at radius 1 is 1.38 bits per heavy atom. The Labute approximate surface area is 74.2 Å². The lowest BCUT2D eigenvalue weighted by Gasteiger charge is -2.28. The average molecular weight is 185 g/mol. The Morgan fingerprint density at radius 3 is 2.54 bits per heavy atom. The summed E-state index contributed by atoms with van der Waals surface area (Å²) in [5.74, 6) is -1.75. The molecule has 4 heteroatoms. The second-order valence-corrected chi connectivity index (χ2v) is 3.12. The van der Waals surface area contributed by atoms with Crippen molar-refractivity contribution in [2.75, 3.05) is 6.54 Å². The van der Waals surface area contributed by atoms with E-state index in [1.165, 1.54) is 0 Å². The molecule has 1 aromatic carbocycles. The van der Waals surface area contributed by atoms with Gasteiger partial charge in [-0.15, -0.1) is 0 Å². The summed E-state index contributed by atoms with van der Waals surface area (Å²) in [7, 11) is 0. The van der Waals surface area contributed by atoms with Gasteiger partial charge >= 0.3 is 0 Å². The third-order valence-corrected chi connectivity index (χ3v) is 2.24. The molecule has 2 nitrogen and oxygen atoms in total. The lowest BCUT2D eigenvalue weighted by Crippen LogP contribution is -2.35. The molecule has 1 fully saturated rings. The van der Waals surface area contributed by atoms with Crippen LogP contribution >= 0.6 is 0 Å². The van der Waals surface area contributed by atoms with Crippen LogP contribution in [0.5, 0.6) is 5.75 Å². The predicted molar refractivity (Wildman–Crippen MR) is 43.4 cm³/mol. The summed E-state index contributed by atoms with van der Waals surface area (Å²) >= 11 is 0. The van der Waals surface area contributed by atoms with E-state index in [0.29, 0.717) is 0 Å². The van der Waals surface area contributed by atoms with Crippen LogP contribution in [0.4, 0.5) is 8.78 Å². The average Bonchev–Trinajstić information content (AvgIpc) is 1.92. The summed E-state index contributed by atoms with van der Waals surface area (Å²) in [6, 6.07) is 1.55. The Hall–Kier alpha value is -1.16. The summed E-state index contributed by atoms with van der Waals surface area (Å²) < 4.78 is 25.7. The van der Waals surface area contributed by atoms with E-state index in [0.717, 1.165) is 25.1 Å². The van der Waals surface area contributed by atoms with Gasteiger partial charge in [-0.25, -0.2) is 8.78 Å². The maximum atomic E-state index is 13.1. The SMILES string of the molecule is Oc1cc(F)cc(F)c1[C@H]1CCN1. The maximum Gasteiger partial charge on any atom is 0.134 e. The normalized spacial score (nSPS) is 21.2. The van der Waals surface area contributed by atoms with Crippen molar-refractivity contribution < 1.29 is 13.9 Å². The lowest BCUT2D eigenvalue weighted by molar-refractivity contribution is 0.348. The van der Waals surface area contributed by atoms with E-state index in [1.807, 2.05) is 0 Å². The molecule has 1 atom stereocenters. The molecule has 13 heavy (non-hydrogen) atoms. The number of benzene rings is 1. The van der Waals surface area contributed by atoms with Gasteiger partial charge in [-0.05, 0) is 13.0 Å². The van der Waals surface area contributed by atoms with E-state index < -0.39 is 11.6 Å². The van der Waals surface area contributed by atoms with Crippen LogP contribution < -0.4 is 5.32 Å². The number of hydrogen-bond donors (Lipinski definition) is 2. The van der Waals surface area contributed by atoms with Crippen LogP contribution in [0.2, 0.25) is 0 Å². The van der Waals surface area contributed by atoms with Crippen LogP contribution in [0.25, 0.3) is 0 Å². The molecule has 0 aromatic heterocycles. The van der Waals surface area contributed by atoms with Crippen molar-refractivity contribution in [1.29, 1.82) is 0 Å². The zero-order chi connectivity index (χ0) is 9.42. The Kier molecular flexibility index (Phi) is 1.92. The molecule has 0 radical (unpaired) electrons. The fraction of sp³-hybridized carbons (Fsp3) is 0.333. The minimum absolute atomic E-state index is 0.166. The van der Waals surface area contributed by atoms with Crippen molar-refractivity contribution >= 4 is 0 Å². The molecule has 2 N–H and O–H groups in total. The smallest absolute Gasteiger partial charge is 0.134 e.